The van der Waals surface area contributed by atoms with Crippen LogP contribution in [-0.2, 0) is 21.2 Å². The number of amides is 1. The van der Waals surface area contributed by atoms with Crippen LogP contribution in [0.4, 0.5) is 4.39 Å². The van der Waals surface area contributed by atoms with E-state index in [1.165, 1.54) is 6.33 Å². The van der Waals surface area contributed by atoms with Gasteiger partial charge in [0.05, 0.1) is 16.5 Å². The van der Waals surface area contributed by atoms with Crippen molar-refractivity contribution in [1.29, 1.82) is 0 Å². The van der Waals surface area contributed by atoms with E-state index in [9.17, 15) is 17.6 Å². The summed E-state index contributed by atoms with van der Waals surface area (Å²) in [7, 11) is -3.97. The molecule has 2 N–H and O–H groups in total. The van der Waals surface area contributed by atoms with E-state index in [1.807, 2.05) is 0 Å². The molecule has 0 aliphatic carbocycles. The van der Waals surface area contributed by atoms with Gasteiger partial charge in [-0.15, -0.1) is 0 Å². The maximum atomic E-state index is 13.1. The average molecular weight is 427 g/mol. The number of rotatable bonds is 8. The van der Waals surface area contributed by atoms with Gasteiger partial charge in [0.25, 0.3) is 5.78 Å². The second kappa shape index (κ2) is 8.59. The van der Waals surface area contributed by atoms with Crippen molar-refractivity contribution < 1.29 is 17.6 Å². The van der Waals surface area contributed by atoms with E-state index >= 15 is 0 Å². The Morgan fingerprint density at radius 3 is 2.89 bits per heavy atom. The van der Waals surface area contributed by atoms with Crippen LogP contribution in [0.15, 0.2) is 41.8 Å². The van der Waals surface area contributed by atoms with Crippen LogP contribution in [0.25, 0.3) is 5.78 Å². The summed E-state index contributed by atoms with van der Waals surface area (Å²) in [6, 6.07) is 3.00. The standard InChI is InChI=1S/C16H16ClFN6O3S/c17-13-6-12(3-4-14(13)18)28(26,27)23-8-15(25)19-5-1-2-11-7-20-16-21-10-22-24(16)9-11/h3-4,6-7,9-10,23H,1-2,5,8H2,(H,19,25). The number of halogens is 2. The van der Waals surface area contributed by atoms with Gasteiger partial charge in [-0.1, -0.05) is 11.6 Å². The van der Waals surface area contributed by atoms with Gasteiger partial charge in [-0.3, -0.25) is 4.79 Å². The molecule has 0 saturated carbocycles. The first-order valence-corrected chi connectivity index (χ1v) is 10.1. The number of hydrogen-bond donors (Lipinski definition) is 2. The van der Waals surface area contributed by atoms with Gasteiger partial charge in [0, 0.05) is 18.9 Å². The molecule has 0 unspecified atom stereocenters. The Morgan fingerprint density at radius 2 is 2.11 bits per heavy atom. The zero-order valence-corrected chi connectivity index (χ0v) is 16.0. The van der Waals surface area contributed by atoms with Crippen molar-refractivity contribution in [1.82, 2.24) is 29.6 Å². The minimum Gasteiger partial charge on any atom is -0.355 e. The van der Waals surface area contributed by atoms with Gasteiger partial charge in [0.2, 0.25) is 15.9 Å². The van der Waals surface area contributed by atoms with E-state index in [0.717, 1.165) is 23.8 Å². The molecule has 0 saturated heterocycles. The highest BCUT2D eigenvalue weighted by Crippen LogP contribution is 2.19. The lowest BCUT2D eigenvalue weighted by molar-refractivity contribution is -0.119. The summed E-state index contributed by atoms with van der Waals surface area (Å²) in [5.74, 6) is -0.704. The molecule has 0 spiro atoms. The molecule has 0 aliphatic rings. The van der Waals surface area contributed by atoms with E-state index in [4.69, 9.17) is 11.6 Å². The SMILES string of the molecule is O=C(CNS(=O)(=O)c1ccc(F)c(Cl)c1)NCCCc1cnc2ncnn2c1. The van der Waals surface area contributed by atoms with Crippen LogP contribution < -0.4 is 10.0 Å². The van der Waals surface area contributed by atoms with Crippen LogP contribution in [0.2, 0.25) is 5.02 Å². The summed E-state index contributed by atoms with van der Waals surface area (Å²) >= 11 is 5.58. The Morgan fingerprint density at radius 1 is 1.29 bits per heavy atom. The van der Waals surface area contributed by atoms with Gasteiger partial charge >= 0.3 is 0 Å². The largest absolute Gasteiger partial charge is 0.355 e. The monoisotopic (exact) mass is 426 g/mol. The van der Waals surface area contributed by atoms with Gasteiger partial charge in [-0.05, 0) is 36.6 Å². The summed E-state index contributed by atoms with van der Waals surface area (Å²) in [6.07, 6.45) is 6.19. The molecule has 1 amide bonds. The van der Waals surface area contributed by atoms with E-state index in [-0.39, 0.29) is 9.92 Å². The molecule has 12 heteroatoms. The Labute approximate surface area is 165 Å². The Balaban J connectivity index is 1.43. The van der Waals surface area contributed by atoms with Crippen LogP contribution >= 0.6 is 11.6 Å². The third kappa shape index (κ3) is 5.00. The van der Waals surface area contributed by atoms with Crippen molar-refractivity contribution in [3.8, 4) is 0 Å². The molecule has 0 bridgehead atoms. The van der Waals surface area contributed by atoms with Crippen molar-refractivity contribution in [2.45, 2.75) is 17.7 Å². The number of benzene rings is 1. The lowest BCUT2D eigenvalue weighted by Gasteiger charge is -2.08. The van der Waals surface area contributed by atoms with Crippen LogP contribution in [-0.4, -0.2) is 47.0 Å². The molecule has 0 aliphatic heterocycles. The summed E-state index contributed by atoms with van der Waals surface area (Å²) in [4.78, 5) is 19.7. The Bertz CT molecular complexity index is 1100. The quantitative estimate of drug-likeness (QED) is 0.517. The summed E-state index contributed by atoms with van der Waals surface area (Å²) < 4.78 is 41.1. The fourth-order valence-electron chi connectivity index (χ4n) is 2.36. The number of sulfonamides is 1. The predicted molar refractivity (Wildman–Crippen MR) is 98.7 cm³/mol. The minimum absolute atomic E-state index is 0.220. The molecule has 2 aromatic heterocycles. The number of carbonyl (C=O) groups is 1. The molecule has 2 heterocycles. The highest BCUT2D eigenvalue weighted by atomic mass is 35.5. The number of fused-ring (bicyclic) bond motifs is 1. The minimum atomic E-state index is -3.97. The van der Waals surface area contributed by atoms with Gasteiger partial charge in [0.15, 0.2) is 0 Å². The van der Waals surface area contributed by atoms with Crippen LogP contribution in [0.5, 0.6) is 0 Å². The van der Waals surface area contributed by atoms with E-state index in [2.05, 4.69) is 25.1 Å². The molecular weight excluding hydrogens is 411 g/mol. The molecule has 3 aromatic rings. The van der Waals surface area contributed by atoms with Crippen LogP contribution in [0, 0.1) is 5.82 Å². The third-order valence-corrected chi connectivity index (χ3v) is 5.47. The highest BCUT2D eigenvalue weighted by Gasteiger charge is 2.17. The normalized spacial score (nSPS) is 11.6. The number of hydrogen-bond acceptors (Lipinski definition) is 6. The maximum Gasteiger partial charge on any atom is 0.252 e. The first kappa shape index (κ1) is 20.1. The Hall–Kier alpha value is -2.63. The second-order valence-electron chi connectivity index (χ2n) is 5.82. The third-order valence-electron chi connectivity index (χ3n) is 3.78. The van der Waals surface area contributed by atoms with Gasteiger partial charge in [-0.25, -0.2) is 27.0 Å². The van der Waals surface area contributed by atoms with Gasteiger partial charge in [-0.2, -0.15) is 10.1 Å². The highest BCUT2D eigenvalue weighted by molar-refractivity contribution is 7.89. The molecular formula is C16H16ClFN6O3S. The number of nitrogens with one attached hydrogen (secondary N) is 2. The zero-order chi connectivity index (χ0) is 20.1. The lowest BCUT2D eigenvalue weighted by Crippen LogP contribution is -2.37. The second-order valence-corrected chi connectivity index (χ2v) is 7.99. The van der Waals surface area contributed by atoms with E-state index in [0.29, 0.717) is 25.2 Å². The molecule has 28 heavy (non-hydrogen) atoms. The van der Waals surface area contributed by atoms with Crippen molar-refractivity contribution in [2.24, 2.45) is 0 Å². The fraction of sp³-hybridized carbons (Fsp3) is 0.250. The van der Waals surface area contributed by atoms with Gasteiger partial charge < -0.3 is 5.32 Å². The van der Waals surface area contributed by atoms with Crippen molar-refractivity contribution >= 4 is 33.3 Å². The Kier molecular flexibility index (Phi) is 6.17. The fourth-order valence-corrected chi connectivity index (χ4v) is 3.61. The lowest BCUT2D eigenvalue weighted by atomic mass is 10.2. The van der Waals surface area contributed by atoms with Crippen LogP contribution in [0.3, 0.4) is 0 Å². The van der Waals surface area contributed by atoms with Crippen molar-refractivity contribution in [3.05, 3.63) is 53.3 Å². The number of carbonyl (C=O) groups excluding carboxylic acids is 1. The van der Waals surface area contributed by atoms with E-state index in [1.54, 1.807) is 16.9 Å². The zero-order valence-electron chi connectivity index (χ0n) is 14.5. The van der Waals surface area contributed by atoms with Crippen molar-refractivity contribution in [2.75, 3.05) is 13.1 Å². The van der Waals surface area contributed by atoms with E-state index < -0.39 is 28.3 Å². The summed E-state index contributed by atoms with van der Waals surface area (Å²) in [6.45, 7) is -0.0812. The van der Waals surface area contributed by atoms with Crippen molar-refractivity contribution in [3.63, 3.8) is 0 Å². The topological polar surface area (TPSA) is 118 Å². The molecule has 9 nitrogen and oxygen atoms in total. The smallest absolute Gasteiger partial charge is 0.252 e. The van der Waals surface area contributed by atoms with Gasteiger partial charge in [0.1, 0.15) is 12.1 Å². The molecule has 148 valence electrons. The maximum absolute atomic E-state index is 13.1. The molecule has 0 fully saturated rings. The summed E-state index contributed by atoms with van der Waals surface area (Å²) in [5, 5.41) is 6.31. The number of aryl methyl sites for hydroxylation is 1. The average Bonchev–Trinajstić information content (AvgIpc) is 3.13. The number of nitrogens with zero attached hydrogens (tertiary/aromatic N) is 4. The predicted octanol–water partition coefficient (Wildman–Crippen LogP) is 0.944. The first-order valence-electron chi connectivity index (χ1n) is 8.21. The molecule has 0 radical (unpaired) electrons. The molecule has 3 rings (SSSR count). The molecule has 1 aromatic carbocycles. The number of aromatic nitrogens is 4. The summed E-state index contributed by atoms with van der Waals surface area (Å²) in [5.41, 5.74) is 0.932. The van der Waals surface area contributed by atoms with Crippen LogP contribution in [0.1, 0.15) is 12.0 Å². The molecule has 0 atom stereocenters. The first-order chi connectivity index (χ1) is 13.3.